The van der Waals surface area contributed by atoms with E-state index in [0.717, 1.165) is 11.3 Å². The number of nitrogens with two attached hydrogens (primary N) is 1. The first-order valence-electron chi connectivity index (χ1n) is 9.18. The topological polar surface area (TPSA) is 113 Å². The van der Waals surface area contributed by atoms with E-state index in [4.69, 9.17) is 25.5 Å². The molecule has 8 heteroatoms. The van der Waals surface area contributed by atoms with Crippen molar-refractivity contribution in [2.75, 3.05) is 13.7 Å². The van der Waals surface area contributed by atoms with Crippen LogP contribution in [0.5, 0.6) is 5.75 Å². The summed E-state index contributed by atoms with van der Waals surface area (Å²) in [5.74, 6) is 7.13. The summed E-state index contributed by atoms with van der Waals surface area (Å²) in [5, 5.41) is 12.9. The van der Waals surface area contributed by atoms with Crippen molar-refractivity contribution in [3.8, 4) is 5.75 Å². The fourth-order valence-corrected chi connectivity index (χ4v) is 3.56. The number of benzene rings is 1. The van der Waals surface area contributed by atoms with Gasteiger partial charge in [0.2, 0.25) is 0 Å². The molecular formula is C19H28N4O4. The van der Waals surface area contributed by atoms with Crippen LogP contribution in [0.3, 0.4) is 0 Å². The number of hydrazine groups is 1. The minimum atomic E-state index is -0.592. The highest BCUT2D eigenvalue weighted by molar-refractivity contribution is 5.94. The predicted molar refractivity (Wildman–Crippen MR) is 101 cm³/mol. The van der Waals surface area contributed by atoms with Crippen LogP contribution in [0, 0.1) is 5.41 Å². The molecule has 148 valence electrons. The average molecular weight is 376 g/mol. The molecule has 3 unspecified atom stereocenters. The molecule has 3 atom stereocenters. The highest BCUT2D eigenvalue weighted by atomic mass is 16.6. The zero-order valence-electron chi connectivity index (χ0n) is 16.0. The third kappa shape index (κ3) is 4.40. The third-order valence-corrected chi connectivity index (χ3v) is 5.00. The van der Waals surface area contributed by atoms with Gasteiger partial charge in [0.05, 0.1) is 25.5 Å². The quantitative estimate of drug-likeness (QED) is 0.397. The van der Waals surface area contributed by atoms with E-state index in [0.29, 0.717) is 26.0 Å². The molecular weight excluding hydrogens is 348 g/mol. The smallest absolute Gasteiger partial charge is 0.407 e. The molecule has 1 aliphatic heterocycles. The zero-order chi connectivity index (χ0) is 19.6. The van der Waals surface area contributed by atoms with Gasteiger partial charge >= 0.3 is 6.09 Å². The Hall–Kier alpha value is -2.16. The standard InChI is InChI=1S/C19H28N4O4/c1-12(2)22-18(24)27-15-8-9-19(11-26-19)17(16(15)20)23(21)10-13-4-6-14(25-3)7-5-13/h4-7,12,15,17,20H,8-11,21H2,1-3H3,(H,22,24). The third-order valence-electron chi connectivity index (χ3n) is 5.00. The number of epoxide rings is 1. The van der Waals surface area contributed by atoms with Crippen LogP contribution in [-0.2, 0) is 16.0 Å². The van der Waals surface area contributed by atoms with Gasteiger partial charge in [-0.15, -0.1) is 0 Å². The van der Waals surface area contributed by atoms with Crippen molar-refractivity contribution in [2.45, 2.75) is 57.0 Å². The fraction of sp³-hybridized carbons (Fsp3) is 0.579. The Labute approximate surface area is 159 Å². The number of alkyl carbamates (subject to hydrolysis) is 1. The van der Waals surface area contributed by atoms with Gasteiger partial charge in [0.15, 0.2) is 0 Å². The minimum absolute atomic E-state index is 0.0229. The van der Waals surface area contributed by atoms with Crippen LogP contribution in [0.15, 0.2) is 24.3 Å². The van der Waals surface area contributed by atoms with Crippen molar-refractivity contribution in [1.29, 1.82) is 5.41 Å². The van der Waals surface area contributed by atoms with Crippen LogP contribution in [-0.4, -0.2) is 54.3 Å². The van der Waals surface area contributed by atoms with Crippen molar-refractivity contribution in [1.82, 2.24) is 10.3 Å². The normalized spacial score (nSPS) is 27.1. The second-order valence-electron chi connectivity index (χ2n) is 7.46. The molecule has 0 bridgehead atoms. The number of carbonyl (C=O) groups excluding carboxylic acids is 1. The van der Waals surface area contributed by atoms with E-state index >= 15 is 0 Å². The molecule has 1 aliphatic carbocycles. The fourth-order valence-electron chi connectivity index (χ4n) is 3.56. The van der Waals surface area contributed by atoms with Gasteiger partial charge in [-0.25, -0.2) is 9.80 Å². The van der Waals surface area contributed by atoms with Gasteiger partial charge in [-0.1, -0.05) is 12.1 Å². The van der Waals surface area contributed by atoms with E-state index in [1.807, 2.05) is 38.1 Å². The Bertz CT molecular complexity index is 687. The lowest BCUT2D eigenvalue weighted by Gasteiger charge is -2.39. The Balaban J connectivity index is 1.68. The molecule has 1 spiro atoms. The first-order chi connectivity index (χ1) is 12.8. The van der Waals surface area contributed by atoms with Crippen molar-refractivity contribution < 1.29 is 19.0 Å². The Kier molecular flexibility index (Phi) is 5.69. The summed E-state index contributed by atoms with van der Waals surface area (Å²) < 4.78 is 16.3. The second-order valence-corrected chi connectivity index (χ2v) is 7.46. The molecule has 1 saturated heterocycles. The number of methoxy groups -OCH3 is 1. The molecule has 1 aromatic carbocycles. The van der Waals surface area contributed by atoms with Crippen molar-refractivity contribution in [3.05, 3.63) is 29.8 Å². The summed E-state index contributed by atoms with van der Waals surface area (Å²) in [6.45, 7) is 4.74. The number of hydrogen-bond donors (Lipinski definition) is 3. The second kappa shape index (κ2) is 7.84. The predicted octanol–water partition coefficient (Wildman–Crippen LogP) is 1.83. The first kappa shape index (κ1) is 19.6. The molecule has 3 rings (SSSR count). The first-order valence-corrected chi connectivity index (χ1v) is 9.18. The van der Waals surface area contributed by atoms with Crippen LogP contribution in [0.4, 0.5) is 4.79 Å². The van der Waals surface area contributed by atoms with Gasteiger partial charge in [0, 0.05) is 12.6 Å². The van der Waals surface area contributed by atoms with E-state index in [9.17, 15) is 4.79 Å². The van der Waals surface area contributed by atoms with Crippen LogP contribution < -0.4 is 15.9 Å². The number of carbonyl (C=O) groups is 1. The van der Waals surface area contributed by atoms with E-state index in [-0.39, 0.29) is 11.8 Å². The average Bonchev–Trinajstić information content (AvgIpc) is 3.38. The summed E-state index contributed by atoms with van der Waals surface area (Å²) in [4.78, 5) is 12.0. The zero-order valence-corrected chi connectivity index (χ0v) is 16.0. The lowest BCUT2D eigenvalue weighted by atomic mass is 9.81. The van der Waals surface area contributed by atoms with Crippen LogP contribution in [0.25, 0.3) is 0 Å². The Morgan fingerprint density at radius 3 is 2.67 bits per heavy atom. The van der Waals surface area contributed by atoms with E-state index < -0.39 is 23.8 Å². The maximum Gasteiger partial charge on any atom is 0.407 e. The molecule has 1 heterocycles. The maximum atomic E-state index is 12.0. The van der Waals surface area contributed by atoms with Crippen molar-refractivity contribution in [2.24, 2.45) is 5.84 Å². The summed E-state index contributed by atoms with van der Waals surface area (Å²) >= 11 is 0. The monoisotopic (exact) mass is 376 g/mol. The molecule has 1 saturated carbocycles. The van der Waals surface area contributed by atoms with E-state index in [2.05, 4.69) is 5.32 Å². The lowest BCUT2D eigenvalue weighted by Crippen LogP contribution is -2.60. The SMILES string of the molecule is COc1ccc(CN(N)C2C(=N)C(OC(=O)NC(C)C)CCC23CO3)cc1. The number of hydrogen-bond acceptors (Lipinski definition) is 7. The van der Waals surface area contributed by atoms with Gasteiger partial charge in [0.25, 0.3) is 0 Å². The number of ether oxygens (including phenoxy) is 3. The Morgan fingerprint density at radius 1 is 1.44 bits per heavy atom. The summed E-state index contributed by atoms with van der Waals surface area (Å²) in [6, 6.07) is 7.18. The van der Waals surface area contributed by atoms with Crippen molar-refractivity contribution >= 4 is 11.8 Å². The molecule has 0 radical (unpaired) electrons. The Morgan fingerprint density at radius 2 is 2.11 bits per heavy atom. The van der Waals surface area contributed by atoms with Gasteiger partial charge in [-0.2, -0.15) is 0 Å². The minimum Gasteiger partial charge on any atom is -0.497 e. The number of nitrogens with one attached hydrogen (secondary N) is 2. The largest absolute Gasteiger partial charge is 0.497 e. The number of rotatable bonds is 6. The van der Waals surface area contributed by atoms with E-state index in [1.54, 1.807) is 12.1 Å². The molecule has 1 amide bonds. The van der Waals surface area contributed by atoms with Crippen LogP contribution in [0.2, 0.25) is 0 Å². The summed E-state index contributed by atoms with van der Waals surface area (Å²) in [5.41, 5.74) is 0.850. The molecule has 27 heavy (non-hydrogen) atoms. The van der Waals surface area contributed by atoms with Gasteiger partial charge < -0.3 is 24.9 Å². The van der Waals surface area contributed by atoms with Gasteiger partial charge in [0.1, 0.15) is 17.5 Å². The molecule has 0 aromatic heterocycles. The van der Waals surface area contributed by atoms with Gasteiger partial charge in [-0.05, 0) is 44.4 Å². The molecule has 4 N–H and O–H groups in total. The van der Waals surface area contributed by atoms with Crippen LogP contribution in [0.1, 0.15) is 32.3 Å². The van der Waals surface area contributed by atoms with Crippen molar-refractivity contribution in [3.63, 3.8) is 0 Å². The molecule has 8 nitrogen and oxygen atoms in total. The number of nitrogens with zero attached hydrogens (tertiary/aromatic N) is 1. The highest BCUT2D eigenvalue weighted by Crippen LogP contribution is 2.43. The summed E-state index contributed by atoms with van der Waals surface area (Å²) in [6.07, 6.45) is 0.170. The van der Waals surface area contributed by atoms with Gasteiger partial charge in [-0.3, -0.25) is 5.84 Å². The van der Waals surface area contributed by atoms with E-state index in [1.165, 1.54) is 0 Å². The summed E-state index contributed by atoms with van der Waals surface area (Å²) in [7, 11) is 1.62. The maximum absolute atomic E-state index is 12.0. The number of amides is 1. The molecule has 1 aromatic rings. The highest BCUT2D eigenvalue weighted by Gasteiger charge is 2.59. The molecule has 2 fully saturated rings. The lowest BCUT2D eigenvalue weighted by molar-refractivity contribution is 0.0707. The van der Waals surface area contributed by atoms with Crippen LogP contribution >= 0.6 is 0 Å². The molecule has 2 aliphatic rings.